The highest BCUT2D eigenvalue weighted by atomic mass is 32.1. The third kappa shape index (κ3) is 2.82. The number of nitrogens with zero attached hydrogens (tertiary/aromatic N) is 2. The Labute approximate surface area is 149 Å². The lowest BCUT2D eigenvalue weighted by atomic mass is 10.0. The summed E-state index contributed by atoms with van der Waals surface area (Å²) in [5.41, 5.74) is 1.93. The summed E-state index contributed by atoms with van der Waals surface area (Å²) in [6.45, 7) is 0.728. The van der Waals surface area contributed by atoms with Gasteiger partial charge >= 0.3 is 0 Å². The molecule has 1 aliphatic heterocycles. The van der Waals surface area contributed by atoms with Crippen LogP contribution in [0.15, 0.2) is 46.7 Å². The molecule has 0 fully saturated rings. The number of carbonyl (C=O) groups excluding carboxylic acids is 1. The van der Waals surface area contributed by atoms with Crippen LogP contribution in [-0.2, 0) is 17.8 Å². The maximum atomic E-state index is 12.8. The van der Waals surface area contributed by atoms with Crippen LogP contribution < -0.4 is 15.2 Å². The van der Waals surface area contributed by atoms with E-state index in [1.54, 1.807) is 18.2 Å². The highest BCUT2D eigenvalue weighted by Gasteiger charge is 2.23. The first-order chi connectivity index (χ1) is 12.2. The minimum absolute atomic E-state index is 0.0537. The molecule has 3 heterocycles. The van der Waals surface area contributed by atoms with Crippen LogP contribution in [0, 0.1) is 0 Å². The molecule has 128 valence electrons. The number of ether oxygens (including phenoxy) is 1. The van der Waals surface area contributed by atoms with Crippen molar-refractivity contribution >= 4 is 33.0 Å². The predicted octanol–water partition coefficient (Wildman–Crippen LogP) is 3.05. The van der Waals surface area contributed by atoms with Gasteiger partial charge in [0.05, 0.1) is 11.8 Å². The number of hydrogen-bond acceptors (Lipinski definition) is 4. The molecule has 0 saturated heterocycles. The van der Waals surface area contributed by atoms with E-state index in [0.29, 0.717) is 11.2 Å². The van der Waals surface area contributed by atoms with Gasteiger partial charge in [0, 0.05) is 18.4 Å². The Bertz CT molecular complexity index is 1010. The number of carbonyl (C=O) groups is 1. The molecule has 0 atom stereocenters. The molecule has 0 unspecified atom stereocenters. The molecule has 0 radical (unpaired) electrons. The number of aromatic nitrogens is 1. The van der Waals surface area contributed by atoms with E-state index in [0.717, 1.165) is 35.2 Å². The molecule has 1 amide bonds. The SMILES string of the molecule is COc1ccc2c(c1)CCCN2C(=O)Cn1ccc2ccsc2c1=O. The van der Waals surface area contributed by atoms with Crippen LogP contribution in [0.2, 0.25) is 0 Å². The normalized spacial score (nSPS) is 13.7. The van der Waals surface area contributed by atoms with Gasteiger partial charge in [-0.15, -0.1) is 11.3 Å². The summed E-state index contributed by atoms with van der Waals surface area (Å²) in [5, 5.41) is 2.82. The summed E-state index contributed by atoms with van der Waals surface area (Å²) < 4.78 is 7.47. The molecule has 1 aromatic carbocycles. The standard InChI is InChI=1S/C19H18N2O3S/c1-24-15-4-5-16-14(11-15)3-2-8-21(16)17(22)12-20-9-6-13-7-10-25-18(13)19(20)23/h4-7,9-11H,2-3,8,12H2,1H3. The summed E-state index contributed by atoms with van der Waals surface area (Å²) in [4.78, 5) is 27.2. The number of amides is 1. The van der Waals surface area contributed by atoms with Crippen LogP contribution >= 0.6 is 11.3 Å². The van der Waals surface area contributed by atoms with Crippen molar-refractivity contribution in [3.05, 3.63) is 57.8 Å². The molecule has 25 heavy (non-hydrogen) atoms. The van der Waals surface area contributed by atoms with Gasteiger partial charge in [-0.25, -0.2) is 0 Å². The predicted molar refractivity (Wildman–Crippen MR) is 99.8 cm³/mol. The Morgan fingerprint density at radius 3 is 3.00 bits per heavy atom. The second-order valence-corrected chi connectivity index (χ2v) is 7.01. The van der Waals surface area contributed by atoms with Crippen molar-refractivity contribution in [2.45, 2.75) is 19.4 Å². The van der Waals surface area contributed by atoms with Crippen LogP contribution in [-0.4, -0.2) is 24.1 Å². The fourth-order valence-corrected chi connectivity index (χ4v) is 4.15. The molecule has 0 aliphatic carbocycles. The molecule has 6 heteroatoms. The largest absolute Gasteiger partial charge is 0.497 e. The molecule has 0 bridgehead atoms. The van der Waals surface area contributed by atoms with Gasteiger partial charge in [0.25, 0.3) is 5.56 Å². The lowest BCUT2D eigenvalue weighted by Crippen LogP contribution is -2.39. The highest BCUT2D eigenvalue weighted by Crippen LogP contribution is 2.30. The van der Waals surface area contributed by atoms with E-state index in [1.807, 2.05) is 35.7 Å². The van der Waals surface area contributed by atoms with Gasteiger partial charge in [-0.1, -0.05) is 0 Å². The molecule has 0 N–H and O–H groups in total. The zero-order chi connectivity index (χ0) is 17.4. The maximum absolute atomic E-state index is 12.8. The number of benzene rings is 1. The monoisotopic (exact) mass is 354 g/mol. The first kappa shape index (κ1) is 15.9. The van der Waals surface area contributed by atoms with Crippen LogP contribution in [0.1, 0.15) is 12.0 Å². The third-order valence-electron chi connectivity index (χ3n) is 4.60. The molecule has 0 spiro atoms. The van der Waals surface area contributed by atoms with Gasteiger partial charge < -0.3 is 14.2 Å². The van der Waals surface area contributed by atoms with Crippen LogP contribution in [0.3, 0.4) is 0 Å². The molecule has 1 aliphatic rings. The highest BCUT2D eigenvalue weighted by molar-refractivity contribution is 7.17. The van der Waals surface area contributed by atoms with Crippen molar-refractivity contribution < 1.29 is 9.53 Å². The number of thiophene rings is 1. The Hall–Kier alpha value is -2.60. The quantitative estimate of drug-likeness (QED) is 0.726. The van der Waals surface area contributed by atoms with Crippen molar-refractivity contribution in [2.75, 3.05) is 18.6 Å². The molecule has 3 aromatic rings. The maximum Gasteiger partial charge on any atom is 0.268 e. The molecule has 5 nitrogen and oxygen atoms in total. The number of pyridine rings is 1. The van der Waals surface area contributed by atoms with Gasteiger partial charge in [-0.2, -0.15) is 0 Å². The Kier molecular flexibility index (Phi) is 4.05. The topological polar surface area (TPSA) is 51.5 Å². The van der Waals surface area contributed by atoms with Crippen molar-refractivity contribution in [1.29, 1.82) is 0 Å². The number of fused-ring (bicyclic) bond motifs is 2. The summed E-state index contributed by atoms with van der Waals surface area (Å²) in [5.74, 6) is 0.733. The molecular formula is C19H18N2O3S. The van der Waals surface area contributed by atoms with Gasteiger partial charge in [0.2, 0.25) is 5.91 Å². The van der Waals surface area contributed by atoms with E-state index in [4.69, 9.17) is 4.74 Å². The molecule has 2 aromatic heterocycles. The lowest BCUT2D eigenvalue weighted by Gasteiger charge is -2.30. The molecular weight excluding hydrogens is 336 g/mol. The zero-order valence-corrected chi connectivity index (χ0v) is 14.7. The third-order valence-corrected chi connectivity index (χ3v) is 5.51. The number of anilines is 1. The van der Waals surface area contributed by atoms with E-state index in [1.165, 1.54) is 15.9 Å². The smallest absolute Gasteiger partial charge is 0.268 e. The fraction of sp³-hybridized carbons (Fsp3) is 0.263. The minimum atomic E-state index is -0.104. The van der Waals surface area contributed by atoms with E-state index in [9.17, 15) is 9.59 Å². The number of methoxy groups -OCH3 is 1. The van der Waals surface area contributed by atoms with Crippen LogP contribution in [0.25, 0.3) is 10.1 Å². The second kappa shape index (κ2) is 6.37. The number of hydrogen-bond donors (Lipinski definition) is 0. The average Bonchev–Trinajstić information content (AvgIpc) is 3.12. The number of rotatable bonds is 3. The van der Waals surface area contributed by atoms with E-state index in [2.05, 4.69) is 0 Å². The molecule has 4 rings (SSSR count). The van der Waals surface area contributed by atoms with Gasteiger partial charge in [0.1, 0.15) is 12.3 Å². The fourth-order valence-electron chi connectivity index (χ4n) is 3.31. The average molecular weight is 354 g/mol. The summed E-state index contributed by atoms with van der Waals surface area (Å²) in [6, 6.07) is 9.58. The minimum Gasteiger partial charge on any atom is -0.497 e. The Morgan fingerprint density at radius 1 is 1.28 bits per heavy atom. The zero-order valence-electron chi connectivity index (χ0n) is 13.9. The van der Waals surface area contributed by atoms with Crippen molar-refractivity contribution in [2.24, 2.45) is 0 Å². The van der Waals surface area contributed by atoms with Crippen LogP contribution in [0.4, 0.5) is 5.69 Å². The van der Waals surface area contributed by atoms with E-state index in [-0.39, 0.29) is 18.0 Å². The van der Waals surface area contributed by atoms with E-state index >= 15 is 0 Å². The van der Waals surface area contributed by atoms with Gasteiger partial charge in [-0.05, 0) is 59.5 Å². The summed E-state index contributed by atoms with van der Waals surface area (Å²) in [7, 11) is 1.64. The van der Waals surface area contributed by atoms with Crippen molar-refractivity contribution in [1.82, 2.24) is 4.57 Å². The van der Waals surface area contributed by atoms with E-state index < -0.39 is 0 Å². The first-order valence-electron chi connectivity index (χ1n) is 8.21. The first-order valence-corrected chi connectivity index (χ1v) is 9.09. The lowest BCUT2D eigenvalue weighted by molar-refractivity contribution is -0.119. The summed E-state index contributed by atoms with van der Waals surface area (Å²) in [6.07, 6.45) is 3.54. The Balaban J connectivity index is 1.63. The van der Waals surface area contributed by atoms with Gasteiger partial charge in [0.15, 0.2) is 0 Å². The van der Waals surface area contributed by atoms with Crippen LogP contribution in [0.5, 0.6) is 5.75 Å². The molecule has 0 saturated carbocycles. The number of aryl methyl sites for hydroxylation is 1. The summed E-state index contributed by atoms with van der Waals surface area (Å²) >= 11 is 1.41. The Morgan fingerprint density at radius 2 is 2.16 bits per heavy atom. The van der Waals surface area contributed by atoms with Crippen molar-refractivity contribution in [3.63, 3.8) is 0 Å². The van der Waals surface area contributed by atoms with Gasteiger partial charge in [-0.3, -0.25) is 9.59 Å². The second-order valence-electron chi connectivity index (χ2n) is 6.10. The van der Waals surface area contributed by atoms with Crippen molar-refractivity contribution in [3.8, 4) is 5.75 Å².